The van der Waals surface area contributed by atoms with E-state index in [1.165, 1.54) is 49.7 Å². The third-order valence-corrected chi connectivity index (χ3v) is 5.14. The Morgan fingerprint density at radius 3 is 2.71 bits per heavy atom. The second-order valence-corrected chi connectivity index (χ2v) is 7.31. The van der Waals surface area contributed by atoms with Gasteiger partial charge in [0.05, 0.1) is 0 Å². The second kappa shape index (κ2) is 7.98. The van der Waals surface area contributed by atoms with Gasteiger partial charge >= 0.3 is 0 Å². The summed E-state index contributed by atoms with van der Waals surface area (Å²) in [6.07, 6.45) is 8.17. The molecule has 0 spiro atoms. The van der Waals surface area contributed by atoms with E-state index in [0.29, 0.717) is 6.04 Å². The van der Waals surface area contributed by atoms with Gasteiger partial charge in [-0.25, -0.2) is 0 Å². The van der Waals surface area contributed by atoms with Gasteiger partial charge in [-0.15, -0.1) is 0 Å². The van der Waals surface area contributed by atoms with E-state index < -0.39 is 0 Å². The lowest BCUT2D eigenvalue weighted by Gasteiger charge is -2.34. The van der Waals surface area contributed by atoms with Gasteiger partial charge in [-0.3, -0.25) is 0 Å². The Hall–Kier alpha value is -0.820. The first-order valence-electron chi connectivity index (χ1n) is 8.90. The van der Waals surface area contributed by atoms with Crippen LogP contribution in [0.25, 0.3) is 0 Å². The molecule has 1 aliphatic rings. The van der Waals surface area contributed by atoms with Gasteiger partial charge in [-0.1, -0.05) is 64.3 Å². The molecule has 0 aromatic heterocycles. The monoisotopic (exact) mass is 287 g/mol. The molecule has 0 bridgehead atoms. The Morgan fingerprint density at radius 2 is 2.05 bits per heavy atom. The van der Waals surface area contributed by atoms with E-state index in [2.05, 4.69) is 57.4 Å². The van der Waals surface area contributed by atoms with Crippen LogP contribution in [-0.2, 0) is 6.42 Å². The third kappa shape index (κ3) is 4.57. The number of hydrogen-bond donors (Lipinski definition) is 1. The zero-order chi connectivity index (χ0) is 15.2. The maximum atomic E-state index is 3.61. The van der Waals surface area contributed by atoms with Crippen molar-refractivity contribution in [1.29, 1.82) is 0 Å². The zero-order valence-electron chi connectivity index (χ0n) is 14.4. The van der Waals surface area contributed by atoms with Crippen LogP contribution in [0.1, 0.15) is 70.0 Å². The van der Waals surface area contributed by atoms with Gasteiger partial charge < -0.3 is 5.32 Å². The predicted octanol–water partition coefficient (Wildman–Crippen LogP) is 5.36. The van der Waals surface area contributed by atoms with Crippen molar-refractivity contribution in [2.24, 2.45) is 17.8 Å². The van der Waals surface area contributed by atoms with E-state index in [0.717, 1.165) is 17.8 Å². The molecular formula is C20H33N. The Labute approximate surface area is 131 Å². The number of benzene rings is 1. The van der Waals surface area contributed by atoms with Crippen LogP contribution in [0, 0.1) is 17.8 Å². The lowest BCUT2D eigenvalue weighted by Crippen LogP contribution is -2.29. The number of hydrogen-bond acceptors (Lipinski definition) is 1. The molecule has 1 aromatic carbocycles. The Balaban J connectivity index is 2.12. The highest BCUT2D eigenvalue weighted by molar-refractivity contribution is 5.27. The summed E-state index contributed by atoms with van der Waals surface area (Å²) in [4.78, 5) is 0. The highest BCUT2D eigenvalue weighted by atomic mass is 14.9. The first-order chi connectivity index (χ1) is 10.1. The Morgan fingerprint density at radius 1 is 1.24 bits per heavy atom. The minimum absolute atomic E-state index is 0.534. The molecule has 0 radical (unpaired) electrons. The molecule has 1 saturated carbocycles. The SMILES string of the molecule is CCC1CCCC(C(NC)c2cccc(CC(C)C)c2)C1. The molecule has 0 heterocycles. The molecule has 3 atom stereocenters. The molecule has 118 valence electrons. The Kier molecular flexibility index (Phi) is 6.29. The normalized spacial score (nSPS) is 24.2. The smallest absolute Gasteiger partial charge is 0.0346 e. The molecular weight excluding hydrogens is 254 g/mol. The van der Waals surface area contributed by atoms with Crippen molar-refractivity contribution in [3.05, 3.63) is 35.4 Å². The van der Waals surface area contributed by atoms with Gasteiger partial charge in [0.25, 0.3) is 0 Å². The highest BCUT2D eigenvalue weighted by Crippen LogP contribution is 2.38. The van der Waals surface area contributed by atoms with Gasteiger partial charge in [0.2, 0.25) is 0 Å². The van der Waals surface area contributed by atoms with E-state index in [1.807, 2.05) is 0 Å². The molecule has 0 aliphatic heterocycles. The fourth-order valence-corrected chi connectivity index (χ4v) is 4.07. The molecule has 0 saturated heterocycles. The van der Waals surface area contributed by atoms with E-state index in [1.54, 1.807) is 0 Å². The molecule has 3 unspecified atom stereocenters. The molecule has 1 aromatic rings. The van der Waals surface area contributed by atoms with Crippen molar-refractivity contribution in [3.8, 4) is 0 Å². The second-order valence-electron chi connectivity index (χ2n) is 7.31. The van der Waals surface area contributed by atoms with Gasteiger partial charge in [-0.2, -0.15) is 0 Å². The van der Waals surface area contributed by atoms with E-state index in [4.69, 9.17) is 0 Å². The van der Waals surface area contributed by atoms with Crippen LogP contribution in [0.3, 0.4) is 0 Å². The van der Waals surface area contributed by atoms with E-state index in [-0.39, 0.29) is 0 Å². The summed E-state index contributed by atoms with van der Waals surface area (Å²) in [5.74, 6) is 2.48. The summed E-state index contributed by atoms with van der Waals surface area (Å²) < 4.78 is 0. The fraction of sp³-hybridized carbons (Fsp3) is 0.700. The summed E-state index contributed by atoms with van der Waals surface area (Å²) in [7, 11) is 2.13. The number of nitrogens with one attached hydrogen (secondary N) is 1. The first kappa shape index (κ1) is 16.5. The summed E-state index contributed by atoms with van der Waals surface area (Å²) in [5.41, 5.74) is 2.99. The maximum Gasteiger partial charge on any atom is 0.0346 e. The van der Waals surface area contributed by atoms with Gasteiger partial charge in [-0.05, 0) is 55.2 Å². The average molecular weight is 287 g/mol. The van der Waals surface area contributed by atoms with Crippen LogP contribution in [0.2, 0.25) is 0 Å². The molecule has 0 amide bonds. The van der Waals surface area contributed by atoms with E-state index >= 15 is 0 Å². The summed E-state index contributed by atoms with van der Waals surface area (Å²) in [6.45, 7) is 6.95. The largest absolute Gasteiger partial charge is 0.313 e. The van der Waals surface area contributed by atoms with Crippen LogP contribution in [0.4, 0.5) is 0 Å². The summed E-state index contributed by atoms with van der Waals surface area (Å²) in [6, 6.07) is 9.83. The predicted molar refractivity (Wildman–Crippen MR) is 92.5 cm³/mol. The number of rotatable bonds is 6. The van der Waals surface area contributed by atoms with Crippen LogP contribution >= 0.6 is 0 Å². The minimum atomic E-state index is 0.534. The maximum absolute atomic E-state index is 3.61. The lowest BCUT2D eigenvalue weighted by molar-refractivity contribution is 0.214. The third-order valence-electron chi connectivity index (χ3n) is 5.14. The zero-order valence-corrected chi connectivity index (χ0v) is 14.4. The molecule has 1 aliphatic carbocycles. The van der Waals surface area contributed by atoms with Crippen molar-refractivity contribution in [2.75, 3.05) is 7.05 Å². The molecule has 2 rings (SSSR count). The fourth-order valence-electron chi connectivity index (χ4n) is 4.07. The quantitative estimate of drug-likeness (QED) is 0.742. The molecule has 21 heavy (non-hydrogen) atoms. The molecule has 1 heteroatoms. The van der Waals surface area contributed by atoms with Crippen molar-refractivity contribution < 1.29 is 0 Å². The Bertz CT molecular complexity index is 424. The molecule has 1 N–H and O–H groups in total. The van der Waals surface area contributed by atoms with Gasteiger partial charge in [0.1, 0.15) is 0 Å². The van der Waals surface area contributed by atoms with Gasteiger partial charge in [0.15, 0.2) is 0 Å². The van der Waals surface area contributed by atoms with Crippen molar-refractivity contribution in [3.63, 3.8) is 0 Å². The van der Waals surface area contributed by atoms with Crippen LogP contribution in [0.5, 0.6) is 0 Å². The van der Waals surface area contributed by atoms with Crippen LogP contribution in [-0.4, -0.2) is 7.05 Å². The highest BCUT2D eigenvalue weighted by Gasteiger charge is 2.27. The van der Waals surface area contributed by atoms with Crippen molar-refractivity contribution >= 4 is 0 Å². The average Bonchev–Trinajstić information content (AvgIpc) is 2.48. The minimum Gasteiger partial charge on any atom is -0.313 e. The standard InChI is InChI=1S/C20H33N/c1-5-16-8-6-10-18(13-16)20(21-4)19-11-7-9-17(14-19)12-15(2)3/h7,9,11,14-16,18,20-21H,5-6,8,10,12-13H2,1-4H3. The summed E-state index contributed by atoms with van der Waals surface area (Å²) in [5, 5.41) is 3.61. The topological polar surface area (TPSA) is 12.0 Å². The van der Waals surface area contributed by atoms with Crippen LogP contribution < -0.4 is 5.32 Å². The van der Waals surface area contributed by atoms with Crippen molar-refractivity contribution in [2.45, 2.75) is 65.3 Å². The lowest BCUT2D eigenvalue weighted by atomic mass is 9.75. The van der Waals surface area contributed by atoms with Gasteiger partial charge in [0, 0.05) is 6.04 Å². The van der Waals surface area contributed by atoms with E-state index in [9.17, 15) is 0 Å². The molecule has 1 fully saturated rings. The first-order valence-corrected chi connectivity index (χ1v) is 8.90. The van der Waals surface area contributed by atoms with Crippen LogP contribution in [0.15, 0.2) is 24.3 Å². The molecule has 1 nitrogen and oxygen atoms in total. The summed E-state index contributed by atoms with van der Waals surface area (Å²) >= 11 is 0. The van der Waals surface area contributed by atoms with Crippen molar-refractivity contribution in [1.82, 2.24) is 5.32 Å².